The van der Waals surface area contributed by atoms with Gasteiger partial charge in [0.25, 0.3) is 0 Å². The third-order valence-electron chi connectivity index (χ3n) is 3.57. The Labute approximate surface area is 154 Å². The van der Waals surface area contributed by atoms with Crippen LogP contribution in [-0.2, 0) is 0 Å². The van der Waals surface area contributed by atoms with E-state index in [-0.39, 0.29) is 5.82 Å². The molecule has 3 aromatic rings. The van der Waals surface area contributed by atoms with E-state index in [4.69, 9.17) is 0 Å². The second-order valence-corrected chi connectivity index (χ2v) is 6.90. The van der Waals surface area contributed by atoms with Crippen molar-refractivity contribution >= 4 is 29.3 Å². The van der Waals surface area contributed by atoms with Crippen LogP contribution in [0, 0.1) is 5.82 Å². The lowest BCUT2D eigenvalue weighted by atomic mass is 10.1. The normalized spacial score (nSPS) is 12.2. The van der Waals surface area contributed by atoms with E-state index in [2.05, 4.69) is 22.2 Å². The van der Waals surface area contributed by atoms with Gasteiger partial charge in [0.05, 0.1) is 11.9 Å². The molecule has 0 N–H and O–H groups in total. The summed E-state index contributed by atoms with van der Waals surface area (Å²) in [5.74, 6) is -0.267. The maximum atomic E-state index is 14.2. The highest BCUT2D eigenvalue weighted by atomic mass is 32.2. The fraction of sp³-hybridized carbons (Fsp3) is 0.158. The highest BCUT2D eigenvalue weighted by Crippen LogP contribution is 2.23. The Morgan fingerprint density at radius 3 is 2.60 bits per heavy atom. The van der Waals surface area contributed by atoms with Gasteiger partial charge in [0.2, 0.25) is 4.80 Å². The largest absolute Gasteiger partial charge is 0.258 e. The zero-order chi connectivity index (χ0) is 17.6. The van der Waals surface area contributed by atoms with E-state index in [1.54, 1.807) is 34.8 Å². The molecule has 0 aliphatic carbocycles. The van der Waals surface area contributed by atoms with Crippen LogP contribution in [0.2, 0.25) is 0 Å². The van der Waals surface area contributed by atoms with Gasteiger partial charge in [-0.3, -0.25) is 4.99 Å². The first-order valence-corrected chi connectivity index (χ1v) is 9.97. The molecular weight excluding hydrogens is 353 g/mol. The third kappa shape index (κ3) is 4.08. The second-order valence-electron chi connectivity index (χ2n) is 5.19. The van der Waals surface area contributed by atoms with Gasteiger partial charge < -0.3 is 0 Å². The second kappa shape index (κ2) is 8.27. The molecule has 6 heteroatoms. The van der Waals surface area contributed by atoms with E-state index in [0.717, 1.165) is 10.4 Å². The van der Waals surface area contributed by atoms with E-state index in [9.17, 15) is 4.39 Å². The Morgan fingerprint density at radius 1 is 1.16 bits per heavy atom. The van der Waals surface area contributed by atoms with Gasteiger partial charge in [0, 0.05) is 22.4 Å². The van der Waals surface area contributed by atoms with Gasteiger partial charge in [-0.2, -0.15) is 5.10 Å². The van der Waals surface area contributed by atoms with Crippen molar-refractivity contribution in [1.29, 1.82) is 0 Å². The van der Waals surface area contributed by atoms with Gasteiger partial charge in [-0.15, -0.1) is 23.1 Å². The lowest BCUT2D eigenvalue weighted by molar-refractivity contribution is 0.629. The van der Waals surface area contributed by atoms with E-state index in [1.807, 2.05) is 36.8 Å². The van der Waals surface area contributed by atoms with Gasteiger partial charge in [-0.1, -0.05) is 24.3 Å². The number of hydrogen-bond donors (Lipinski definition) is 0. The minimum absolute atomic E-state index is 0.267. The molecule has 0 aliphatic rings. The summed E-state index contributed by atoms with van der Waals surface area (Å²) in [6.07, 6.45) is 3.82. The maximum Gasteiger partial charge on any atom is 0.206 e. The van der Waals surface area contributed by atoms with Crippen LogP contribution in [-0.4, -0.2) is 23.7 Å². The fourth-order valence-electron chi connectivity index (χ4n) is 2.32. The van der Waals surface area contributed by atoms with Crippen molar-refractivity contribution in [1.82, 2.24) is 4.68 Å². The van der Waals surface area contributed by atoms with Crippen molar-refractivity contribution in [3.05, 3.63) is 70.1 Å². The van der Waals surface area contributed by atoms with Gasteiger partial charge in [-0.05, 0) is 43.0 Å². The van der Waals surface area contributed by atoms with Crippen molar-refractivity contribution in [3.8, 4) is 11.3 Å². The van der Waals surface area contributed by atoms with Crippen LogP contribution >= 0.6 is 23.1 Å². The molecule has 25 heavy (non-hydrogen) atoms. The van der Waals surface area contributed by atoms with Crippen molar-refractivity contribution < 1.29 is 4.39 Å². The SMILES string of the molecule is CCN=c1scc(-c2ccccc2F)n1N=Cc1ccc(SC)cc1. The molecule has 0 fully saturated rings. The summed E-state index contributed by atoms with van der Waals surface area (Å²) in [5.41, 5.74) is 2.21. The zero-order valence-corrected chi connectivity index (χ0v) is 15.6. The van der Waals surface area contributed by atoms with Crippen molar-refractivity contribution in [2.24, 2.45) is 10.1 Å². The fourth-order valence-corrected chi connectivity index (χ4v) is 3.62. The number of thiazole rings is 1. The highest BCUT2D eigenvalue weighted by molar-refractivity contribution is 7.98. The average Bonchev–Trinajstić information content (AvgIpc) is 3.03. The predicted molar refractivity (Wildman–Crippen MR) is 105 cm³/mol. The molecule has 0 saturated carbocycles. The third-order valence-corrected chi connectivity index (χ3v) is 5.16. The summed E-state index contributed by atoms with van der Waals surface area (Å²) in [7, 11) is 0. The molecule has 0 bridgehead atoms. The van der Waals surface area contributed by atoms with E-state index >= 15 is 0 Å². The summed E-state index contributed by atoms with van der Waals surface area (Å²) in [6, 6.07) is 14.9. The van der Waals surface area contributed by atoms with E-state index < -0.39 is 0 Å². The number of benzene rings is 2. The van der Waals surface area contributed by atoms with Crippen LogP contribution in [0.25, 0.3) is 11.3 Å². The van der Waals surface area contributed by atoms with E-state index in [0.29, 0.717) is 17.8 Å². The molecule has 0 radical (unpaired) electrons. The minimum atomic E-state index is -0.267. The summed E-state index contributed by atoms with van der Waals surface area (Å²) in [4.78, 5) is 6.41. The molecule has 128 valence electrons. The topological polar surface area (TPSA) is 29.6 Å². The van der Waals surface area contributed by atoms with Crippen LogP contribution in [0.5, 0.6) is 0 Å². The van der Waals surface area contributed by atoms with Crippen molar-refractivity contribution in [2.45, 2.75) is 11.8 Å². The monoisotopic (exact) mass is 371 g/mol. The first kappa shape index (κ1) is 17.6. The molecule has 1 aromatic heterocycles. The first-order chi connectivity index (χ1) is 12.2. The standard InChI is InChI=1S/C19H18FN3S2/c1-3-21-19-23(22-12-14-8-10-15(24-2)11-9-14)18(13-25-19)16-6-4-5-7-17(16)20/h4-13H,3H2,1-2H3. The first-order valence-electron chi connectivity index (χ1n) is 7.87. The van der Waals surface area contributed by atoms with Gasteiger partial charge in [0.1, 0.15) is 5.82 Å². The van der Waals surface area contributed by atoms with Crippen LogP contribution < -0.4 is 4.80 Å². The minimum Gasteiger partial charge on any atom is -0.258 e. The number of aromatic nitrogens is 1. The van der Waals surface area contributed by atoms with Gasteiger partial charge >= 0.3 is 0 Å². The maximum absolute atomic E-state index is 14.2. The van der Waals surface area contributed by atoms with Crippen LogP contribution in [0.4, 0.5) is 4.39 Å². The quantitative estimate of drug-likeness (QED) is 0.464. The van der Waals surface area contributed by atoms with E-state index in [1.165, 1.54) is 22.3 Å². The molecular formula is C19H18FN3S2. The summed E-state index contributed by atoms with van der Waals surface area (Å²) >= 11 is 3.16. The Kier molecular flexibility index (Phi) is 5.83. The summed E-state index contributed by atoms with van der Waals surface area (Å²) < 4.78 is 15.9. The average molecular weight is 372 g/mol. The highest BCUT2D eigenvalue weighted by Gasteiger charge is 2.11. The lowest BCUT2D eigenvalue weighted by Crippen LogP contribution is -2.12. The lowest BCUT2D eigenvalue weighted by Gasteiger charge is -2.04. The Hall–Kier alpha value is -2.18. The molecule has 0 unspecified atom stereocenters. The summed E-state index contributed by atoms with van der Waals surface area (Å²) in [5, 5.41) is 6.45. The number of nitrogens with zero attached hydrogens (tertiary/aromatic N) is 3. The Bertz CT molecular complexity index is 940. The van der Waals surface area contributed by atoms with Gasteiger partial charge in [-0.25, -0.2) is 9.07 Å². The Morgan fingerprint density at radius 2 is 1.92 bits per heavy atom. The molecule has 2 aromatic carbocycles. The zero-order valence-electron chi connectivity index (χ0n) is 14.0. The molecule has 0 aliphatic heterocycles. The molecule has 3 nitrogen and oxygen atoms in total. The van der Waals surface area contributed by atoms with Crippen LogP contribution in [0.1, 0.15) is 12.5 Å². The molecule has 0 spiro atoms. The number of rotatable bonds is 5. The smallest absolute Gasteiger partial charge is 0.206 e. The Balaban J connectivity index is 2.04. The number of hydrogen-bond acceptors (Lipinski definition) is 4. The molecule has 1 heterocycles. The molecule has 3 rings (SSSR count). The predicted octanol–water partition coefficient (Wildman–Crippen LogP) is 4.88. The van der Waals surface area contributed by atoms with Crippen LogP contribution in [0.15, 0.2) is 68.9 Å². The van der Waals surface area contributed by atoms with Crippen molar-refractivity contribution in [2.75, 3.05) is 12.8 Å². The van der Waals surface area contributed by atoms with Gasteiger partial charge in [0.15, 0.2) is 0 Å². The molecule has 0 atom stereocenters. The molecule has 0 amide bonds. The summed E-state index contributed by atoms with van der Waals surface area (Å²) in [6.45, 7) is 2.62. The number of halogens is 1. The van der Waals surface area contributed by atoms with Crippen LogP contribution in [0.3, 0.4) is 0 Å². The number of thioether (sulfide) groups is 1. The molecule has 0 saturated heterocycles. The van der Waals surface area contributed by atoms with Crippen molar-refractivity contribution in [3.63, 3.8) is 0 Å².